The Morgan fingerprint density at radius 2 is 1.71 bits per heavy atom. The first-order valence-electron chi connectivity index (χ1n) is 7.95. The third kappa shape index (κ3) is 12.2. The molecular weight excluding hydrogens is 308 g/mol. The lowest BCUT2D eigenvalue weighted by Crippen LogP contribution is -2.28. The monoisotopic (exact) mass is 336 g/mol. The molecule has 24 heavy (non-hydrogen) atoms. The molecule has 0 bridgehead atoms. The minimum atomic E-state index is -0.575. The number of amides is 2. The number of nitrogens with two attached hydrogens (primary N) is 1. The number of benzene rings is 1. The summed E-state index contributed by atoms with van der Waals surface area (Å²) < 4.78 is 4.88. The summed E-state index contributed by atoms with van der Waals surface area (Å²) in [7, 11) is 0. The molecule has 1 unspecified atom stereocenters. The van der Waals surface area contributed by atoms with E-state index in [4.69, 9.17) is 10.5 Å². The molecule has 1 aromatic carbocycles. The number of ketones is 1. The molecular formula is C18H28N2O4. The standard InChI is InChI=1S/C11H13NO3.C7H15NO/c1-9(13)7-12-11(14)15-8-10-5-3-2-4-6-10;1-5(2)4-6(3)7(8)9/h2-6H,7-8H2,1H3,(H,12,14);5-6H,4H2,1-3H3,(H2,8,9). The number of hydrogen-bond acceptors (Lipinski definition) is 4. The fourth-order valence-electron chi connectivity index (χ4n) is 1.79. The summed E-state index contributed by atoms with van der Waals surface area (Å²) in [5.41, 5.74) is 5.96. The van der Waals surface area contributed by atoms with E-state index < -0.39 is 6.09 Å². The van der Waals surface area contributed by atoms with Gasteiger partial charge in [0.25, 0.3) is 0 Å². The summed E-state index contributed by atoms with van der Waals surface area (Å²) in [5.74, 6) is 0.299. The zero-order valence-electron chi connectivity index (χ0n) is 14.9. The second-order valence-electron chi connectivity index (χ2n) is 6.05. The summed E-state index contributed by atoms with van der Waals surface area (Å²) >= 11 is 0. The lowest BCUT2D eigenvalue weighted by molar-refractivity contribution is -0.121. The molecule has 134 valence electrons. The Balaban J connectivity index is 0.000000506. The fraction of sp³-hybridized carbons (Fsp3) is 0.500. The van der Waals surface area contributed by atoms with Gasteiger partial charge >= 0.3 is 6.09 Å². The van der Waals surface area contributed by atoms with Crippen molar-refractivity contribution in [1.29, 1.82) is 0 Å². The Morgan fingerprint density at radius 1 is 1.12 bits per heavy atom. The molecule has 0 fully saturated rings. The van der Waals surface area contributed by atoms with Crippen molar-refractivity contribution >= 4 is 17.8 Å². The number of carbonyl (C=O) groups is 3. The van der Waals surface area contributed by atoms with Gasteiger partial charge in [-0.2, -0.15) is 0 Å². The van der Waals surface area contributed by atoms with E-state index in [9.17, 15) is 14.4 Å². The van der Waals surface area contributed by atoms with E-state index in [-0.39, 0.29) is 30.8 Å². The molecule has 0 aliphatic carbocycles. The SMILES string of the molecule is CC(=O)CNC(=O)OCc1ccccc1.CC(C)CC(C)C(N)=O. The highest BCUT2D eigenvalue weighted by Gasteiger charge is 2.09. The predicted octanol–water partition coefficient (Wildman–Crippen LogP) is 2.66. The average molecular weight is 336 g/mol. The van der Waals surface area contributed by atoms with Crippen LogP contribution in [0.3, 0.4) is 0 Å². The van der Waals surface area contributed by atoms with Crippen LogP contribution in [-0.2, 0) is 20.9 Å². The van der Waals surface area contributed by atoms with Crippen LogP contribution in [0.4, 0.5) is 4.79 Å². The molecule has 0 saturated heterocycles. The summed E-state index contributed by atoms with van der Waals surface area (Å²) in [6, 6.07) is 9.34. The molecule has 0 aliphatic heterocycles. The highest BCUT2D eigenvalue weighted by Crippen LogP contribution is 2.09. The van der Waals surface area contributed by atoms with Crippen molar-refractivity contribution in [3.8, 4) is 0 Å². The lowest BCUT2D eigenvalue weighted by atomic mass is 9.99. The second-order valence-corrected chi connectivity index (χ2v) is 6.05. The van der Waals surface area contributed by atoms with Gasteiger partial charge in [0.05, 0.1) is 6.54 Å². The minimum Gasteiger partial charge on any atom is -0.445 e. The van der Waals surface area contributed by atoms with E-state index in [1.807, 2.05) is 37.3 Å². The number of hydrogen-bond donors (Lipinski definition) is 2. The van der Waals surface area contributed by atoms with E-state index in [0.29, 0.717) is 5.92 Å². The smallest absolute Gasteiger partial charge is 0.407 e. The van der Waals surface area contributed by atoms with E-state index in [1.165, 1.54) is 6.92 Å². The van der Waals surface area contributed by atoms with E-state index in [1.54, 1.807) is 0 Å². The number of alkyl carbamates (subject to hydrolysis) is 1. The number of Topliss-reactive ketones (excluding diaryl/α,β-unsaturated/α-hetero) is 1. The van der Waals surface area contributed by atoms with Crippen molar-refractivity contribution in [3.63, 3.8) is 0 Å². The van der Waals surface area contributed by atoms with Crippen molar-refractivity contribution in [1.82, 2.24) is 5.32 Å². The maximum Gasteiger partial charge on any atom is 0.407 e. The van der Waals surface area contributed by atoms with Crippen molar-refractivity contribution in [2.75, 3.05) is 6.54 Å². The van der Waals surface area contributed by atoms with Crippen molar-refractivity contribution in [2.45, 2.75) is 40.7 Å². The topological polar surface area (TPSA) is 98.5 Å². The van der Waals surface area contributed by atoms with Crippen LogP contribution in [0, 0.1) is 11.8 Å². The third-order valence-electron chi connectivity index (χ3n) is 3.01. The largest absolute Gasteiger partial charge is 0.445 e. The Morgan fingerprint density at radius 3 is 2.12 bits per heavy atom. The van der Waals surface area contributed by atoms with Gasteiger partial charge in [-0.05, 0) is 24.8 Å². The van der Waals surface area contributed by atoms with Crippen molar-refractivity contribution < 1.29 is 19.1 Å². The molecule has 0 spiro atoms. The zero-order chi connectivity index (χ0) is 18.5. The van der Waals surface area contributed by atoms with Gasteiger partial charge in [-0.3, -0.25) is 9.59 Å². The van der Waals surface area contributed by atoms with E-state index >= 15 is 0 Å². The number of primary amides is 1. The first-order valence-corrected chi connectivity index (χ1v) is 7.95. The molecule has 0 saturated carbocycles. The van der Waals surface area contributed by atoms with Crippen LogP contribution in [0.15, 0.2) is 30.3 Å². The maximum absolute atomic E-state index is 11.0. The van der Waals surface area contributed by atoms with Gasteiger partial charge in [-0.15, -0.1) is 0 Å². The number of rotatable bonds is 7. The Labute approximate surface area is 143 Å². The molecule has 6 nitrogen and oxygen atoms in total. The number of carbonyl (C=O) groups excluding carboxylic acids is 3. The summed E-state index contributed by atoms with van der Waals surface area (Å²) in [6.45, 7) is 7.65. The average Bonchev–Trinajstić information content (AvgIpc) is 2.51. The van der Waals surface area contributed by atoms with Crippen molar-refractivity contribution in [2.24, 2.45) is 17.6 Å². The molecule has 3 N–H and O–H groups in total. The molecule has 1 atom stereocenters. The molecule has 0 aromatic heterocycles. The van der Waals surface area contributed by atoms with Crippen LogP contribution in [0.25, 0.3) is 0 Å². The molecule has 0 heterocycles. The first-order chi connectivity index (χ1) is 11.2. The van der Waals surface area contributed by atoms with Crippen LogP contribution in [0.5, 0.6) is 0 Å². The summed E-state index contributed by atoms with van der Waals surface area (Å²) in [5, 5.41) is 2.34. The normalized spacial score (nSPS) is 11.0. The highest BCUT2D eigenvalue weighted by atomic mass is 16.5. The Bertz CT molecular complexity index is 515. The minimum absolute atomic E-state index is 0.00756. The van der Waals surface area contributed by atoms with Crippen molar-refractivity contribution in [3.05, 3.63) is 35.9 Å². The predicted molar refractivity (Wildman–Crippen MR) is 93.1 cm³/mol. The van der Waals surface area contributed by atoms with Crippen LogP contribution >= 0.6 is 0 Å². The van der Waals surface area contributed by atoms with Gasteiger partial charge in [-0.25, -0.2) is 4.79 Å². The molecule has 1 aromatic rings. The molecule has 2 amide bonds. The van der Waals surface area contributed by atoms with Crippen LogP contribution in [0.1, 0.15) is 39.7 Å². The van der Waals surface area contributed by atoms with Gasteiger partial charge in [-0.1, -0.05) is 51.1 Å². The molecule has 6 heteroatoms. The zero-order valence-corrected chi connectivity index (χ0v) is 14.9. The number of nitrogens with one attached hydrogen (secondary N) is 1. The first kappa shape index (κ1) is 21.6. The van der Waals surface area contributed by atoms with Gasteiger partial charge in [0.1, 0.15) is 12.4 Å². The third-order valence-corrected chi connectivity index (χ3v) is 3.01. The van der Waals surface area contributed by atoms with Crippen LogP contribution < -0.4 is 11.1 Å². The summed E-state index contributed by atoms with van der Waals surface area (Å²) in [6.07, 6.45) is 0.323. The molecule has 0 radical (unpaired) electrons. The highest BCUT2D eigenvalue weighted by molar-refractivity contribution is 5.81. The maximum atomic E-state index is 11.0. The van der Waals surface area contributed by atoms with Gasteiger partial charge in [0.15, 0.2) is 0 Å². The second kappa shape index (κ2) is 12.1. The van der Waals surface area contributed by atoms with E-state index in [0.717, 1.165) is 12.0 Å². The number of ether oxygens (including phenoxy) is 1. The summed E-state index contributed by atoms with van der Waals surface area (Å²) in [4.78, 5) is 32.0. The Hall–Kier alpha value is -2.37. The van der Waals surface area contributed by atoms with Gasteiger partial charge < -0.3 is 15.8 Å². The lowest BCUT2D eigenvalue weighted by Gasteiger charge is -2.08. The molecule has 1 rings (SSSR count). The van der Waals surface area contributed by atoms with E-state index in [2.05, 4.69) is 19.2 Å². The fourth-order valence-corrected chi connectivity index (χ4v) is 1.79. The van der Waals surface area contributed by atoms with Crippen LogP contribution in [0.2, 0.25) is 0 Å². The van der Waals surface area contributed by atoms with Gasteiger partial charge in [0, 0.05) is 5.92 Å². The van der Waals surface area contributed by atoms with Gasteiger partial charge in [0.2, 0.25) is 5.91 Å². The van der Waals surface area contributed by atoms with Crippen LogP contribution in [-0.4, -0.2) is 24.3 Å². The Kier molecular flexibility index (Phi) is 10.9. The molecule has 0 aliphatic rings. The quantitative estimate of drug-likeness (QED) is 0.799.